The van der Waals surface area contributed by atoms with Gasteiger partial charge in [0.15, 0.2) is 0 Å². The van der Waals surface area contributed by atoms with Crippen molar-refractivity contribution in [2.24, 2.45) is 0 Å². The van der Waals surface area contributed by atoms with Crippen LogP contribution < -0.4 is 5.32 Å². The molecule has 1 atom stereocenters. The van der Waals surface area contributed by atoms with Crippen molar-refractivity contribution < 1.29 is 13.9 Å². The molecular weight excluding hydrogens is 355 g/mol. The van der Waals surface area contributed by atoms with Crippen LogP contribution in [0.15, 0.2) is 42.5 Å². The number of amides is 1. The monoisotopic (exact) mass is 376 g/mol. The van der Waals surface area contributed by atoms with E-state index in [1.807, 2.05) is 19.1 Å². The molecule has 1 N–H and O–H groups in total. The third-order valence-corrected chi connectivity index (χ3v) is 4.87. The lowest BCUT2D eigenvalue weighted by atomic mass is 10.0. The van der Waals surface area contributed by atoms with Crippen LogP contribution in [-0.4, -0.2) is 43.7 Å². The fourth-order valence-electron chi connectivity index (χ4n) is 3.22. The lowest BCUT2D eigenvalue weighted by Crippen LogP contribution is -2.44. The average molecular weight is 377 g/mol. The minimum atomic E-state index is -0.617. The summed E-state index contributed by atoms with van der Waals surface area (Å²) >= 11 is 6.00. The van der Waals surface area contributed by atoms with Crippen molar-refractivity contribution in [3.8, 4) is 0 Å². The lowest BCUT2D eigenvalue weighted by Gasteiger charge is -2.35. The van der Waals surface area contributed by atoms with E-state index in [4.69, 9.17) is 16.3 Å². The number of benzene rings is 2. The van der Waals surface area contributed by atoms with Crippen molar-refractivity contribution in [1.82, 2.24) is 10.2 Å². The Bertz CT molecular complexity index is 758. The van der Waals surface area contributed by atoms with Crippen LogP contribution in [0.2, 0.25) is 5.02 Å². The molecule has 1 saturated heterocycles. The number of nitrogens with zero attached hydrogens (tertiary/aromatic N) is 1. The Kier molecular flexibility index (Phi) is 6.25. The molecule has 26 heavy (non-hydrogen) atoms. The summed E-state index contributed by atoms with van der Waals surface area (Å²) in [6.07, 6.45) is 0. The standard InChI is InChI=1S/C20H22ClFN2O2/c1-14-4-2-5-15(12-14)18(24-8-10-26-11-9-24)13-23-20(25)19-16(21)6-3-7-17(19)22/h2-7,12,18H,8-11,13H2,1H3,(H,23,25). The van der Waals surface area contributed by atoms with Crippen molar-refractivity contribution in [2.45, 2.75) is 13.0 Å². The molecule has 1 amide bonds. The van der Waals surface area contributed by atoms with Crippen LogP contribution in [0.4, 0.5) is 4.39 Å². The summed E-state index contributed by atoms with van der Waals surface area (Å²) in [5.74, 6) is -1.12. The molecule has 138 valence electrons. The topological polar surface area (TPSA) is 41.6 Å². The molecule has 0 saturated carbocycles. The van der Waals surface area contributed by atoms with E-state index in [-0.39, 0.29) is 16.6 Å². The highest BCUT2D eigenvalue weighted by Crippen LogP contribution is 2.23. The smallest absolute Gasteiger partial charge is 0.255 e. The summed E-state index contributed by atoms with van der Waals surface area (Å²) < 4.78 is 19.4. The molecule has 1 fully saturated rings. The molecule has 1 heterocycles. The zero-order chi connectivity index (χ0) is 18.5. The minimum absolute atomic E-state index is 0.00620. The quantitative estimate of drug-likeness (QED) is 0.867. The highest BCUT2D eigenvalue weighted by atomic mass is 35.5. The Labute approximate surface area is 157 Å². The van der Waals surface area contributed by atoms with Gasteiger partial charge in [0.05, 0.1) is 29.8 Å². The predicted octanol–water partition coefficient (Wildman–Crippen LogP) is 3.59. The van der Waals surface area contributed by atoms with Gasteiger partial charge in [-0.05, 0) is 24.6 Å². The summed E-state index contributed by atoms with van der Waals surface area (Å²) in [5, 5.41) is 2.96. The van der Waals surface area contributed by atoms with Gasteiger partial charge in [0.25, 0.3) is 5.91 Å². The van der Waals surface area contributed by atoms with E-state index in [1.54, 1.807) is 0 Å². The maximum Gasteiger partial charge on any atom is 0.255 e. The summed E-state index contributed by atoms with van der Waals surface area (Å²) in [6, 6.07) is 12.4. The summed E-state index contributed by atoms with van der Waals surface area (Å²) in [4.78, 5) is 14.8. The lowest BCUT2D eigenvalue weighted by molar-refractivity contribution is 0.0162. The van der Waals surface area contributed by atoms with Crippen LogP contribution in [0.3, 0.4) is 0 Å². The maximum absolute atomic E-state index is 14.0. The van der Waals surface area contributed by atoms with Gasteiger partial charge in [0.2, 0.25) is 0 Å². The van der Waals surface area contributed by atoms with Crippen molar-refractivity contribution in [1.29, 1.82) is 0 Å². The van der Waals surface area contributed by atoms with Crippen molar-refractivity contribution in [3.63, 3.8) is 0 Å². The number of halogens is 2. The van der Waals surface area contributed by atoms with E-state index in [9.17, 15) is 9.18 Å². The van der Waals surface area contributed by atoms with Gasteiger partial charge in [-0.3, -0.25) is 9.69 Å². The number of carbonyl (C=O) groups excluding carboxylic acids is 1. The van der Waals surface area contributed by atoms with Gasteiger partial charge in [-0.2, -0.15) is 0 Å². The van der Waals surface area contributed by atoms with Gasteiger partial charge in [0, 0.05) is 19.6 Å². The first kappa shape index (κ1) is 18.8. The van der Waals surface area contributed by atoms with Crippen molar-refractivity contribution >= 4 is 17.5 Å². The third kappa shape index (κ3) is 4.41. The molecule has 0 radical (unpaired) electrons. The van der Waals surface area contributed by atoms with Crippen LogP contribution in [0.5, 0.6) is 0 Å². The van der Waals surface area contributed by atoms with Crippen LogP contribution in [0.25, 0.3) is 0 Å². The van der Waals surface area contributed by atoms with Crippen molar-refractivity contribution in [3.05, 3.63) is 70.0 Å². The fraction of sp³-hybridized carbons (Fsp3) is 0.350. The molecule has 2 aromatic rings. The number of hydrogen-bond acceptors (Lipinski definition) is 3. The normalized spacial score (nSPS) is 16.3. The Morgan fingerprint density at radius 1 is 1.27 bits per heavy atom. The summed E-state index contributed by atoms with van der Waals surface area (Å²) in [7, 11) is 0. The predicted molar refractivity (Wildman–Crippen MR) is 100 cm³/mol. The average Bonchev–Trinajstić information content (AvgIpc) is 2.63. The van der Waals surface area contributed by atoms with E-state index < -0.39 is 11.7 Å². The summed E-state index contributed by atoms with van der Waals surface area (Å²) in [5.41, 5.74) is 2.16. The number of carbonyl (C=O) groups is 1. The number of aryl methyl sites for hydroxylation is 1. The second-order valence-corrected chi connectivity index (χ2v) is 6.79. The number of nitrogens with one attached hydrogen (secondary N) is 1. The SMILES string of the molecule is Cc1cccc(C(CNC(=O)c2c(F)cccc2Cl)N2CCOCC2)c1. The van der Waals surface area contributed by atoms with Crippen LogP contribution >= 0.6 is 11.6 Å². The molecule has 0 aliphatic carbocycles. The Hall–Kier alpha value is -1.95. The van der Waals surface area contributed by atoms with Gasteiger partial charge in [-0.1, -0.05) is 47.5 Å². The minimum Gasteiger partial charge on any atom is -0.379 e. The van der Waals surface area contributed by atoms with Gasteiger partial charge in [-0.15, -0.1) is 0 Å². The first-order chi connectivity index (χ1) is 12.6. The van der Waals surface area contributed by atoms with Crippen LogP contribution in [0, 0.1) is 12.7 Å². The Morgan fingerprint density at radius 3 is 2.69 bits per heavy atom. The third-order valence-electron chi connectivity index (χ3n) is 4.56. The van der Waals surface area contributed by atoms with Gasteiger partial charge in [0.1, 0.15) is 5.82 Å². The summed E-state index contributed by atoms with van der Waals surface area (Å²) in [6.45, 7) is 5.30. The molecule has 3 rings (SSSR count). The Morgan fingerprint density at radius 2 is 2.00 bits per heavy atom. The molecular formula is C20H22ClFN2O2. The molecule has 0 spiro atoms. The first-order valence-corrected chi connectivity index (χ1v) is 9.04. The number of ether oxygens (including phenoxy) is 1. The molecule has 2 aromatic carbocycles. The Balaban J connectivity index is 1.78. The van der Waals surface area contributed by atoms with E-state index in [2.05, 4.69) is 22.3 Å². The number of rotatable bonds is 5. The second-order valence-electron chi connectivity index (χ2n) is 6.38. The van der Waals surface area contributed by atoms with E-state index in [0.717, 1.165) is 24.2 Å². The molecule has 1 aliphatic rings. The molecule has 6 heteroatoms. The largest absolute Gasteiger partial charge is 0.379 e. The van der Waals surface area contributed by atoms with E-state index >= 15 is 0 Å². The van der Waals surface area contributed by atoms with Crippen molar-refractivity contribution in [2.75, 3.05) is 32.8 Å². The molecule has 1 aliphatic heterocycles. The maximum atomic E-state index is 14.0. The molecule has 4 nitrogen and oxygen atoms in total. The first-order valence-electron chi connectivity index (χ1n) is 8.67. The van der Waals surface area contributed by atoms with Gasteiger partial charge in [-0.25, -0.2) is 4.39 Å². The molecule has 0 bridgehead atoms. The fourth-order valence-corrected chi connectivity index (χ4v) is 3.47. The van der Waals surface area contributed by atoms with Crippen LogP contribution in [-0.2, 0) is 4.74 Å². The number of hydrogen-bond donors (Lipinski definition) is 1. The molecule has 0 aromatic heterocycles. The highest BCUT2D eigenvalue weighted by molar-refractivity contribution is 6.33. The number of morpholine rings is 1. The second kappa shape index (κ2) is 8.62. The molecule has 1 unspecified atom stereocenters. The van der Waals surface area contributed by atoms with E-state index in [1.165, 1.54) is 18.2 Å². The van der Waals surface area contributed by atoms with Gasteiger partial charge >= 0.3 is 0 Å². The zero-order valence-corrected chi connectivity index (χ0v) is 15.4. The zero-order valence-electron chi connectivity index (χ0n) is 14.7. The van der Waals surface area contributed by atoms with Crippen LogP contribution in [0.1, 0.15) is 27.5 Å². The van der Waals surface area contributed by atoms with Gasteiger partial charge < -0.3 is 10.1 Å². The highest BCUT2D eigenvalue weighted by Gasteiger charge is 2.24. The van der Waals surface area contributed by atoms with E-state index in [0.29, 0.717) is 19.8 Å².